The highest BCUT2D eigenvalue weighted by atomic mass is 35.5. The summed E-state index contributed by atoms with van der Waals surface area (Å²) >= 11 is 5.84. The van der Waals surface area contributed by atoms with Gasteiger partial charge in [-0.2, -0.15) is 0 Å². The van der Waals surface area contributed by atoms with Gasteiger partial charge in [-0.15, -0.1) is 0 Å². The maximum atomic E-state index is 11.4. The average molecular weight is 286 g/mol. The molecule has 0 fully saturated rings. The van der Waals surface area contributed by atoms with Gasteiger partial charge in [-0.3, -0.25) is 4.79 Å². The number of rotatable bonds is 7. The quantitative estimate of drug-likeness (QED) is 0.796. The zero-order valence-corrected chi connectivity index (χ0v) is 11.3. The molecule has 5 nitrogen and oxygen atoms in total. The van der Waals surface area contributed by atoms with Crippen LogP contribution in [-0.2, 0) is 20.7 Å². The van der Waals surface area contributed by atoms with E-state index in [2.05, 4.69) is 5.32 Å². The molecule has 6 heteroatoms. The van der Waals surface area contributed by atoms with Crippen LogP contribution in [0.15, 0.2) is 24.3 Å². The van der Waals surface area contributed by atoms with Crippen LogP contribution in [0.25, 0.3) is 0 Å². The van der Waals surface area contributed by atoms with Gasteiger partial charge in [0.05, 0.1) is 0 Å². The number of hydrogen-bond donors (Lipinski definition) is 2. The number of amides is 1. The Morgan fingerprint density at radius 3 is 2.84 bits per heavy atom. The van der Waals surface area contributed by atoms with Gasteiger partial charge in [0, 0.05) is 11.6 Å². The molecule has 0 spiro atoms. The number of benzene rings is 1. The highest BCUT2D eigenvalue weighted by Crippen LogP contribution is 2.10. The minimum atomic E-state index is -1.09. The standard InChI is InChI=1S/C13H16ClNO4/c1-9(13(17)18)19-8-12(16)15-6-5-10-3-2-4-11(14)7-10/h2-4,7,9H,5-6,8H2,1H3,(H,15,16)(H,17,18). The van der Waals surface area contributed by atoms with E-state index in [1.165, 1.54) is 6.92 Å². The van der Waals surface area contributed by atoms with Crippen LogP contribution in [0, 0.1) is 0 Å². The number of carbonyl (C=O) groups excluding carboxylic acids is 1. The maximum Gasteiger partial charge on any atom is 0.332 e. The van der Waals surface area contributed by atoms with Gasteiger partial charge in [0.15, 0.2) is 6.10 Å². The van der Waals surface area contributed by atoms with E-state index in [9.17, 15) is 9.59 Å². The lowest BCUT2D eigenvalue weighted by Crippen LogP contribution is -2.32. The normalized spacial score (nSPS) is 11.9. The molecule has 1 aromatic rings. The monoisotopic (exact) mass is 285 g/mol. The molecule has 2 N–H and O–H groups in total. The Morgan fingerprint density at radius 1 is 1.47 bits per heavy atom. The number of hydrogen-bond acceptors (Lipinski definition) is 3. The molecule has 1 rings (SSSR count). The molecular weight excluding hydrogens is 270 g/mol. The number of nitrogens with one attached hydrogen (secondary N) is 1. The van der Waals surface area contributed by atoms with Gasteiger partial charge in [-0.25, -0.2) is 4.79 Å². The molecule has 0 heterocycles. The van der Waals surface area contributed by atoms with Crippen LogP contribution in [0.5, 0.6) is 0 Å². The number of halogens is 1. The molecule has 0 bridgehead atoms. The molecule has 0 aliphatic rings. The first-order chi connectivity index (χ1) is 8.99. The Balaban J connectivity index is 2.22. The number of aliphatic carboxylic acids is 1. The Kier molecular flexibility index (Phi) is 6.32. The van der Waals surface area contributed by atoms with Crippen LogP contribution in [0.4, 0.5) is 0 Å². The molecule has 0 aliphatic heterocycles. The van der Waals surface area contributed by atoms with E-state index in [1.807, 2.05) is 18.2 Å². The summed E-state index contributed by atoms with van der Waals surface area (Å²) in [5, 5.41) is 11.9. The van der Waals surface area contributed by atoms with Crippen LogP contribution in [0.2, 0.25) is 5.02 Å². The maximum absolute atomic E-state index is 11.4. The summed E-state index contributed by atoms with van der Waals surface area (Å²) in [5.74, 6) is -1.43. The molecule has 1 aromatic carbocycles. The SMILES string of the molecule is CC(OCC(=O)NCCc1cccc(Cl)c1)C(=O)O. The van der Waals surface area contributed by atoms with Gasteiger partial charge in [0.25, 0.3) is 0 Å². The van der Waals surface area contributed by atoms with Gasteiger partial charge in [-0.1, -0.05) is 23.7 Å². The summed E-state index contributed by atoms with van der Waals surface area (Å²) in [6, 6.07) is 7.37. The van der Waals surface area contributed by atoms with Crippen molar-refractivity contribution in [1.82, 2.24) is 5.32 Å². The van der Waals surface area contributed by atoms with Gasteiger partial charge >= 0.3 is 5.97 Å². The second-order valence-electron chi connectivity index (χ2n) is 4.02. The number of carboxylic acid groups (broad SMARTS) is 1. The molecule has 19 heavy (non-hydrogen) atoms. The van der Waals surface area contributed by atoms with E-state index in [4.69, 9.17) is 21.4 Å². The molecular formula is C13H16ClNO4. The van der Waals surface area contributed by atoms with Crippen molar-refractivity contribution in [2.75, 3.05) is 13.2 Å². The Bertz CT molecular complexity index is 450. The summed E-state index contributed by atoms with van der Waals surface area (Å²) in [7, 11) is 0. The topological polar surface area (TPSA) is 75.6 Å². The lowest BCUT2D eigenvalue weighted by atomic mass is 10.1. The highest BCUT2D eigenvalue weighted by Gasteiger charge is 2.12. The van der Waals surface area contributed by atoms with Crippen LogP contribution < -0.4 is 5.32 Å². The minimum Gasteiger partial charge on any atom is -0.479 e. The third kappa shape index (κ3) is 6.22. The van der Waals surface area contributed by atoms with E-state index < -0.39 is 12.1 Å². The summed E-state index contributed by atoms with van der Waals surface area (Å²) in [5.41, 5.74) is 1.02. The Labute approximate surface area is 116 Å². The predicted molar refractivity (Wildman–Crippen MR) is 71.2 cm³/mol. The molecule has 1 unspecified atom stereocenters. The zero-order chi connectivity index (χ0) is 14.3. The van der Waals surface area contributed by atoms with E-state index >= 15 is 0 Å². The van der Waals surface area contributed by atoms with E-state index in [1.54, 1.807) is 6.07 Å². The van der Waals surface area contributed by atoms with Gasteiger partial charge < -0.3 is 15.2 Å². The van der Waals surface area contributed by atoms with Crippen molar-refractivity contribution < 1.29 is 19.4 Å². The zero-order valence-electron chi connectivity index (χ0n) is 10.6. The summed E-state index contributed by atoms with van der Waals surface area (Å²) < 4.78 is 4.85. The molecule has 104 valence electrons. The molecule has 0 saturated heterocycles. The lowest BCUT2D eigenvalue weighted by molar-refractivity contribution is -0.150. The van der Waals surface area contributed by atoms with Crippen LogP contribution >= 0.6 is 11.6 Å². The molecule has 0 aliphatic carbocycles. The van der Waals surface area contributed by atoms with Crippen LogP contribution in [0.3, 0.4) is 0 Å². The van der Waals surface area contributed by atoms with Gasteiger partial charge in [0.2, 0.25) is 5.91 Å². The first-order valence-corrected chi connectivity index (χ1v) is 6.22. The first kappa shape index (κ1) is 15.5. The second kappa shape index (κ2) is 7.76. The third-order valence-electron chi connectivity index (χ3n) is 2.44. The number of ether oxygens (including phenoxy) is 1. The Morgan fingerprint density at radius 2 is 2.21 bits per heavy atom. The van der Waals surface area contributed by atoms with E-state index in [-0.39, 0.29) is 12.5 Å². The van der Waals surface area contributed by atoms with Gasteiger partial charge in [-0.05, 0) is 31.0 Å². The van der Waals surface area contributed by atoms with Crippen molar-refractivity contribution in [3.8, 4) is 0 Å². The van der Waals surface area contributed by atoms with Gasteiger partial charge in [0.1, 0.15) is 6.61 Å². The fourth-order valence-electron chi connectivity index (χ4n) is 1.36. The molecule has 0 radical (unpaired) electrons. The number of carbonyl (C=O) groups is 2. The van der Waals surface area contributed by atoms with Crippen molar-refractivity contribution in [3.63, 3.8) is 0 Å². The van der Waals surface area contributed by atoms with Crippen molar-refractivity contribution in [2.45, 2.75) is 19.4 Å². The molecule has 1 amide bonds. The summed E-state index contributed by atoms with van der Waals surface area (Å²) in [4.78, 5) is 21.8. The van der Waals surface area contributed by atoms with E-state index in [0.29, 0.717) is 18.0 Å². The second-order valence-corrected chi connectivity index (χ2v) is 4.46. The van der Waals surface area contributed by atoms with Crippen molar-refractivity contribution >= 4 is 23.5 Å². The Hall–Kier alpha value is -1.59. The lowest BCUT2D eigenvalue weighted by Gasteiger charge is -2.09. The molecule has 0 saturated carbocycles. The van der Waals surface area contributed by atoms with Crippen molar-refractivity contribution in [3.05, 3.63) is 34.9 Å². The van der Waals surface area contributed by atoms with Crippen molar-refractivity contribution in [2.24, 2.45) is 0 Å². The average Bonchev–Trinajstić information content (AvgIpc) is 2.36. The first-order valence-electron chi connectivity index (χ1n) is 5.84. The van der Waals surface area contributed by atoms with Crippen molar-refractivity contribution in [1.29, 1.82) is 0 Å². The van der Waals surface area contributed by atoms with Crippen LogP contribution in [-0.4, -0.2) is 36.2 Å². The smallest absolute Gasteiger partial charge is 0.332 e. The fourth-order valence-corrected chi connectivity index (χ4v) is 1.57. The van der Waals surface area contributed by atoms with Crippen LogP contribution in [0.1, 0.15) is 12.5 Å². The minimum absolute atomic E-state index is 0.261. The largest absolute Gasteiger partial charge is 0.479 e. The molecule has 0 aromatic heterocycles. The van der Waals surface area contributed by atoms with E-state index in [0.717, 1.165) is 5.56 Å². The highest BCUT2D eigenvalue weighted by molar-refractivity contribution is 6.30. The fraction of sp³-hybridized carbons (Fsp3) is 0.385. The molecule has 1 atom stereocenters. The summed E-state index contributed by atoms with van der Waals surface area (Å²) in [6.45, 7) is 1.56. The number of carboxylic acids is 1. The third-order valence-corrected chi connectivity index (χ3v) is 2.67. The summed E-state index contributed by atoms with van der Waals surface area (Å²) in [6.07, 6.45) is -0.334. The predicted octanol–water partition coefficient (Wildman–Crippen LogP) is 1.49.